The van der Waals surface area contributed by atoms with Crippen molar-refractivity contribution < 1.29 is 32.3 Å². The Morgan fingerprint density at radius 2 is 2.17 bits per heavy atom. The molecule has 1 aliphatic heterocycles. The Labute approximate surface area is 167 Å². The smallest absolute Gasteiger partial charge is 0.433 e. The lowest BCUT2D eigenvalue weighted by molar-refractivity contribution is -0.759. The van der Waals surface area contributed by atoms with Gasteiger partial charge >= 0.3 is 12.1 Å². The first-order chi connectivity index (χ1) is 13.8. The molecule has 29 heavy (non-hydrogen) atoms. The van der Waals surface area contributed by atoms with Crippen molar-refractivity contribution in [2.45, 2.75) is 18.1 Å². The van der Waals surface area contributed by atoms with Gasteiger partial charge in [0.2, 0.25) is 5.27 Å². The van der Waals surface area contributed by atoms with Crippen molar-refractivity contribution in [1.82, 2.24) is 10.3 Å². The normalized spacial score (nSPS) is 15.4. The molecule has 0 spiro atoms. The van der Waals surface area contributed by atoms with Gasteiger partial charge in [-0.05, 0) is 24.5 Å². The van der Waals surface area contributed by atoms with Gasteiger partial charge in [-0.15, -0.1) is 5.01 Å². The average Bonchev–Trinajstić information content (AvgIpc) is 3.14. The molecule has 0 amide bonds. The van der Waals surface area contributed by atoms with Crippen LogP contribution in [0.25, 0.3) is 0 Å². The molecule has 13 heteroatoms. The monoisotopic (exact) mass is 428 g/mol. The van der Waals surface area contributed by atoms with Gasteiger partial charge in [-0.3, -0.25) is 4.52 Å². The topological polar surface area (TPSA) is 114 Å². The maximum Gasteiger partial charge on any atom is 0.433 e. The number of halogens is 3. The summed E-state index contributed by atoms with van der Waals surface area (Å²) < 4.78 is 49.1. The Balaban J connectivity index is 1.72. The van der Waals surface area contributed by atoms with Crippen LogP contribution in [0.1, 0.15) is 16.8 Å². The predicted octanol–water partition coefficient (Wildman–Crippen LogP) is 0.707. The van der Waals surface area contributed by atoms with E-state index in [2.05, 4.69) is 15.2 Å². The average molecular weight is 428 g/mol. The molecule has 2 aromatic heterocycles. The number of pyridine rings is 1. The molecule has 0 N–H and O–H groups in total. The van der Waals surface area contributed by atoms with Crippen LogP contribution in [0.15, 0.2) is 26.8 Å². The maximum absolute atomic E-state index is 13.0. The number of alkyl halides is 3. The Hall–Kier alpha value is -2.85. The molecule has 0 unspecified atom stereocenters. The lowest BCUT2D eigenvalue weighted by Crippen LogP contribution is -2.62. The lowest BCUT2D eigenvalue weighted by Gasteiger charge is -2.18. The van der Waals surface area contributed by atoms with Crippen LogP contribution >= 0.6 is 11.8 Å². The number of aromatic nitrogens is 3. The van der Waals surface area contributed by atoms with Gasteiger partial charge < -0.3 is 9.84 Å². The SMILES string of the molecule is Cc1cc(C(F)(F)F)nc(SC/C([O-])=N/c2c[n+](N3CCOCC3)no2)c1C#N. The molecule has 0 aliphatic carbocycles. The summed E-state index contributed by atoms with van der Waals surface area (Å²) in [6.45, 7) is 3.64. The Morgan fingerprint density at radius 1 is 1.45 bits per heavy atom. The van der Waals surface area contributed by atoms with E-state index >= 15 is 0 Å². The second-order valence-electron chi connectivity index (χ2n) is 5.94. The van der Waals surface area contributed by atoms with E-state index in [0.29, 0.717) is 38.1 Å². The molecule has 1 fully saturated rings. The van der Waals surface area contributed by atoms with Gasteiger partial charge in [-0.25, -0.2) is 9.98 Å². The van der Waals surface area contributed by atoms with E-state index in [4.69, 9.17) is 9.26 Å². The Bertz CT molecular complexity index is 950. The molecule has 0 bridgehead atoms. The zero-order valence-electron chi connectivity index (χ0n) is 15.1. The molecular formula is C16H15F3N6O3S. The fourth-order valence-corrected chi connectivity index (χ4v) is 3.32. The van der Waals surface area contributed by atoms with E-state index in [9.17, 15) is 23.5 Å². The molecule has 0 radical (unpaired) electrons. The fraction of sp³-hybridized carbons (Fsp3) is 0.438. The zero-order chi connectivity index (χ0) is 21.0. The third-order valence-corrected chi connectivity index (χ3v) is 4.83. The van der Waals surface area contributed by atoms with Gasteiger partial charge in [0.15, 0.2) is 0 Å². The van der Waals surface area contributed by atoms with Crippen LogP contribution < -0.4 is 14.9 Å². The summed E-state index contributed by atoms with van der Waals surface area (Å²) in [6, 6.07) is 2.61. The summed E-state index contributed by atoms with van der Waals surface area (Å²) in [7, 11) is 0. The minimum absolute atomic E-state index is 0.0133. The second kappa shape index (κ2) is 8.66. The van der Waals surface area contributed by atoms with E-state index in [1.807, 2.05) is 11.1 Å². The number of aliphatic imine (C=N–C) groups is 1. The molecular weight excluding hydrogens is 413 g/mol. The van der Waals surface area contributed by atoms with Gasteiger partial charge in [0, 0.05) is 5.75 Å². The van der Waals surface area contributed by atoms with Crippen molar-refractivity contribution in [3.05, 3.63) is 29.1 Å². The highest BCUT2D eigenvalue weighted by atomic mass is 32.2. The number of hydrogen-bond acceptors (Lipinski definition) is 9. The van der Waals surface area contributed by atoms with Gasteiger partial charge in [0.1, 0.15) is 16.8 Å². The van der Waals surface area contributed by atoms with Crippen LogP contribution in [0, 0.1) is 18.3 Å². The third kappa shape index (κ3) is 5.15. The van der Waals surface area contributed by atoms with Crippen LogP contribution in [0.4, 0.5) is 19.1 Å². The van der Waals surface area contributed by atoms with Gasteiger partial charge in [0.25, 0.3) is 6.20 Å². The Kier molecular flexibility index (Phi) is 6.23. The molecule has 3 heterocycles. The number of thioether (sulfide) groups is 1. The molecule has 0 aromatic carbocycles. The number of nitriles is 1. The number of morpholine rings is 1. The van der Waals surface area contributed by atoms with E-state index in [1.165, 1.54) is 17.9 Å². The lowest BCUT2D eigenvalue weighted by atomic mass is 10.1. The largest absolute Gasteiger partial charge is 0.861 e. The molecule has 0 saturated carbocycles. The highest BCUT2D eigenvalue weighted by Gasteiger charge is 2.34. The second-order valence-corrected chi connectivity index (χ2v) is 6.90. The van der Waals surface area contributed by atoms with Crippen LogP contribution in [0.2, 0.25) is 0 Å². The van der Waals surface area contributed by atoms with Crippen molar-refractivity contribution >= 4 is 23.5 Å². The first-order valence-electron chi connectivity index (χ1n) is 8.36. The third-order valence-electron chi connectivity index (χ3n) is 3.87. The molecule has 9 nitrogen and oxygen atoms in total. The van der Waals surface area contributed by atoms with E-state index in [-0.39, 0.29) is 27.8 Å². The van der Waals surface area contributed by atoms with Crippen molar-refractivity contribution in [3.63, 3.8) is 0 Å². The highest BCUT2D eigenvalue weighted by Crippen LogP contribution is 2.32. The maximum atomic E-state index is 13.0. The zero-order valence-corrected chi connectivity index (χ0v) is 16.0. The van der Waals surface area contributed by atoms with E-state index in [1.54, 1.807) is 0 Å². The molecule has 3 rings (SSSR count). The van der Waals surface area contributed by atoms with Crippen LogP contribution in [-0.2, 0) is 10.9 Å². The summed E-state index contributed by atoms with van der Waals surface area (Å²) in [5, 5.41) is 26.7. The van der Waals surface area contributed by atoms with E-state index < -0.39 is 17.8 Å². The van der Waals surface area contributed by atoms with Crippen LogP contribution in [0.3, 0.4) is 0 Å². The van der Waals surface area contributed by atoms with Gasteiger partial charge in [-0.2, -0.15) is 18.4 Å². The minimum Gasteiger partial charge on any atom is -0.861 e. The number of hydrogen-bond donors (Lipinski definition) is 0. The molecule has 154 valence electrons. The summed E-state index contributed by atoms with van der Waals surface area (Å²) in [4.78, 5) is 8.63. The first kappa shape index (κ1) is 20.9. The molecule has 2 aromatic rings. The Morgan fingerprint density at radius 3 is 2.83 bits per heavy atom. The minimum atomic E-state index is -4.66. The number of nitrogens with zero attached hydrogens (tertiary/aromatic N) is 6. The molecule has 1 saturated heterocycles. The summed E-state index contributed by atoms with van der Waals surface area (Å²) >= 11 is 0.706. The number of aryl methyl sites for hydroxylation is 1. The van der Waals surface area contributed by atoms with Crippen molar-refractivity contribution in [2.75, 3.05) is 37.1 Å². The van der Waals surface area contributed by atoms with Crippen molar-refractivity contribution in [2.24, 2.45) is 4.99 Å². The van der Waals surface area contributed by atoms with Crippen LogP contribution in [-0.4, -0.2) is 48.2 Å². The van der Waals surface area contributed by atoms with Crippen molar-refractivity contribution in [3.8, 4) is 6.07 Å². The standard InChI is InChI=1S/C16H15F3N6O3S/c1-10-6-12(16(17,18)19)21-15(11(10)7-20)29-9-13(26)22-14-8-25(23-28-14)24-2-4-27-5-3-24/h6,8H,2-5,9H2,1H3. The predicted molar refractivity (Wildman–Crippen MR) is 92.0 cm³/mol. The molecule has 0 atom stereocenters. The molecule has 1 aliphatic rings. The highest BCUT2D eigenvalue weighted by molar-refractivity contribution is 7.99. The van der Waals surface area contributed by atoms with Gasteiger partial charge in [0.05, 0.1) is 36.7 Å². The number of rotatable bonds is 5. The number of ether oxygens (including phenoxy) is 1. The van der Waals surface area contributed by atoms with Crippen molar-refractivity contribution in [1.29, 1.82) is 5.26 Å². The fourth-order valence-electron chi connectivity index (χ4n) is 2.49. The van der Waals surface area contributed by atoms with E-state index in [0.717, 1.165) is 6.07 Å². The summed E-state index contributed by atoms with van der Waals surface area (Å²) in [5.74, 6) is -1.03. The van der Waals surface area contributed by atoms with Crippen LogP contribution in [0.5, 0.6) is 0 Å². The first-order valence-corrected chi connectivity index (χ1v) is 9.34. The summed E-state index contributed by atoms with van der Waals surface area (Å²) in [6.07, 6.45) is -3.24. The quantitative estimate of drug-likeness (QED) is 0.296. The van der Waals surface area contributed by atoms with Gasteiger partial charge in [-0.1, -0.05) is 11.8 Å². The summed E-state index contributed by atoms with van der Waals surface area (Å²) in [5.41, 5.74) is -1.01.